The maximum absolute atomic E-state index is 12.3. The average Bonchev–Trinajstić information content (AvgIpc) is 3.10. The van der Waals surface area contributed by atoms with Crippen LogP contribution in [0.4, 0.5) is 5.69 Å². The first kappa shape index (κ1) is 19.4. The fourth-order valence-electron chi connectivity index (χ4n) is 2.28. The van der Waals surface area contributed by atoms with Crippen molar-refractivity contribution in [3.8, 4) is 11.5 Å². The second kappa shape index (κ2) is 8.57. The van der Waals surface area contributed by atoms with Crippen molar-refractivity contribution in [3.63, 3.8) is 0 Å². The van der Waals surface area contributed by atoms with Crippen LogP contribution in [-0.2, 0) is 6.61 Å². The van der Waals surface area contributed by atoms with Crippen molar-refractivity contribution in [2.24, 2.45) is 0 Å². The maximum Gasteiger partial charge on any atom is 0.291 e. The molecule has 0 aliphatic heterocycles. The summed E-state index contributed by atoms with van der Waals surface area (Å²) in [6, 6.07) is 13.3. The van der Waals surface area contributed by atoms with Gasteiger partial charge in [0.15, 0.2) is 11.5 Å². The molecular weight excluding hydrogens is 413 g/mol. The SMILES string of the molecule is COc1cccc(NC(=O)c2ccc(COc3c(Cl)cc(Cl)cc3Cl)o2)c1. The van der Waals surface area contributed by atoms with E-state index in [1.54, 1.807) is 43.5 Å². The lowest BCUT2D eigenvalue weighted by Gasteiger charge is -2.09. The normalized spacial score (nSPS) is 10.5. The van der Waals surface area contributed by atoms with Crippen LogP contribution in [0.3, 0.4) is 0 Å². The topological polar surface area (TPSA) is 60.7 Å². The van der Waals surface area contributed by atoms with Crippen molar-refractivity contribution in [2.75, 3.05) is 12.4 Å². The third kappa shape index (κ3) is 4.89. The highest BCUT2D eigenvalue weighted by atomic mass is 35.5. The van der Waals surface area contributed by atoms with Gasteiger partial charge in [0, 0.05) is 16.8 Å². The molecular formula is C19H14Cl3NO4. The summed E-state index contributed by atoms with van der Waals surface area (Å²) in [5.41, 5.74) is 0.591. The summed E-state index contributed by atoms with van der Waals surface area (Å²) < 4.78 is 16.2. The predicted molar refractivity (Wildman–Crippen MR) is 105 cm³/mol. The molecule has 0 spiro atoms. The van der Waals surface area contributed by atoms with Crippen LogP contribution < -0.4 is 14.8 Å². The molecule has 2 aromatic carbocycles. The van der Waals surface area contributed by atoms with Crippen molar-refractivity contribution in [2.45, 2.75) is 6.61 Å². The van der Waals surface area contributed by atoms with Crippen LogP contribution >= 0.6 is 34.8 Å². The molecule has 0 saturated carbocycles. The lowest BCUT2D eigenvalue weighted by molar-refractivity contribution is 0.0992. The monoisotopic (exact) mass is 425 g/mol. The smallest absolute Gasteiger partial charge is 0.291 e. The van der Waals surface area contributed by atoms with Gasteiger partial charge in [-0.3, -0.25) is 4.79 Å². The molecule has 0 atom stereocenters. The van der Waals surface area contributed by atoms with Gasteiger partial charge in [0.2, 0.25) is 0 Å². The van der Waals surface area contributed by atoms with Gasteiger partial charge in [0.25, 0.3) is 5.91 Å². The molecule has 3 rings (SSSR count). The number of rotatable bonds is 6. The summed E-state index contributed by atoms with van der Waals surface area (Å²) in [4.78, 5) is 12.3. The molecule has 1 N–H and O–H groups in total. The molecule has 140 valence electrons. The van der Waals surface area contributed by atoms with Gasteiger partial charge in [0.05, 0.1) is 17.2 Å². The molecule has 0 saturated heterocycles. The number of amides is 1. The van der Waals surface area contributed by atoms with E-state index in [1.165, 1.54) is 12.1 Å². The van der Waals surface area contributed by atoms with E-state index in [9.17, 15) is 4.79 Å². The summed E-state index contributed by atoms with van der Waals surface area (Å²) in [6.07, 6.45) is 0. The Kier molecular flexibility index (Phi) is 6.16. The van der Waals surface area contributed by atoms with E-state index in [1.807, 2.05) is 0 Å². The number of carbonyl (C=O) groups is 1. The number of hydrogen-bond acceptors (Lipinski definition) is 4. The summed E-state index contributed by atoms with van der Waals surface area (Å²) >= 11 is 18.0. The number of anilines is 1. The van der Waals surface area contributed by atoms with Crippen molar-refractivity contribution in [1.82, 2.24) is 0 Å². The number of hydrogen-bond donors (Lipinski definition) is 1. The number of carbonyl (C=O) groups excluding carboxylic acids is 1. The molecule has 5 nitrogen and oxygen atoms in total. The maximum atomic E-state index is 12.3. The number of nitrogens with one attached hydrogen (secondary N) is 1. The minimum absolute atomic E-state index is 0.0491. The zero-order valence-corrected chi connectivity index (χ0v) is 16.4. The molecule has 0 aliphatic carbocycles. The molecule has 3 aromatic rings. The first-order valence-corrected chi connectivity index (χ1v) is 8.91. The molecule has 27 heavy (non-hydrogen) atoms. The van der Waals surface area contributed by atoms with Crippen molar-refractivity contribution in [1.29, 1.82) is 0 Å². The van der Waals surface area contributed by atoms with Gasteiger partial charge in [-0.2, -0.15) is 0 Å². The van der Waals surface area contributed by atoms with Crippen LogP contribution in [0, 0.1) is 0 Å². The number of methoxy groups -OCH3 is 1. The Morgan fingerprint density at radius 2 is 1.81 bits per heavy atom. The Hall–Kier alpha value is -2.34. The first-order chi connectivity index (χ1) is 13.0. The fraction of sp³-hybridized carbons (Fsp3) is 0.105. The number of ether oxygens (including phenoxy) is 2. The highest BCUT2D eigenvalue weighted by Gasteiger charge is 2.14. The lowest BCUT2D eigenvalue weighted by atomic mass is 10.3. The van der Waals surface area contributed by atoms with Gasteiger partial charge < -0.3 is 19.2 Å². The molecule has 0 unspecified atom stereocenters. The quantitative estimate of drug-likeness (QED) is 0.519. The van der Waals surface area contributed by atoms with E-state index >= 15 is 0 Å². The van der Waals surface area contributed by atoms with Crippen LogP contribution in [-0.4, -0.2) is 13.0 Å². The second-order valence-electron chi connectivity index (χ2n) is 5.44. The van der Waals surface area contributed by atoms with Gasteiger partial charge in [0.1, 0.15) is 18.1 Å². The van der Waals surface area contributed by atoms with E-state index in [0.717, 1.165) is 0 Å². The van der Waals surface area contributed by atoms with E-state index in [-0.39, 0.29) is 22.4 Å². The molecule has 0 radical (unpaired) electrons. The molecule has 0 bridgehead atoms. The summed E-state index contributed by atoms with van der Waals surface area (Å²) in [6.45, 7) is 0.0491. The fourth-order valence-corrected chi connectivity index (χ4v) is 3.21. The van der Waals surface area contributed by atoms with Gasteiger partial charge in [-0.1, -0.05) is 40.9 Å². The van der Waals surface area contributed by atoms with Crippen molar-refractivity contribution in [3.05, 3.63) is 75.1 Å². The van der Waals surface area contributed by atoms with Crippen LogP contribution in [0.1, 0.15) is 16.3 Å². The second-order valence-corrected chi connectivity index (χ2v) is 6.69. The summed E-state index contributed by atoms with van der Waals surface area (Å²) in [5, 5.41) is 3.72. The van der Waals surface area contributed by atoms with Gasteiger partial charge in [-0.05, 0) is 36.4 Å². The largest absolute Gasteiger partial charge is 0.497 e. The predicted octanol–water partition coefficient (Wildman–Crippen LogP) is 6.08. The Bertz CT molecular complexity index is 948. The standard InChI is InChI=1S/C19H14Cl3NO4/c1-25-13-4-2-3-12(9-13)23-19(24)17-6-5-14(27-17)10-26-18-15(21)7-11(20)8-16(18)22/h2-9H,10H2,1H3,(H,23,24). The molecule has 8 heteroatoms. The Morgan fingerprint density at radius 3 is 2.52 bits per heavy atom. The minimum Gasteiger partial charge on any atom is -0.497 e. The Morgan fingerprint density at radius 1 is 1.07 bits per heavy atom. The van der Waals surface area contributed by atoms with E-state index in [0.29, 0.717) is 28.0 Å². The number of halogens is 3. The zero-order valence-electron chi connectivity index (χ0n) is 14.1. The number of furan rings is 1. The van der Waals surface area contributed by atoms with Gasteiger partial charge >= 0.3 is 0 Å². The van der Waals surface area contributed by atoms with Gasteiger partial charge in [-0.15, -0.1) is 0 Å². The number of benzene rings is 2. The Labute approximate surface area is 170 Å². The van der Waals surface area contributed by atoms with E-state index in [2.05, 4.69) is 5.32 Å². The van der Waals surface area contributed by atoms with Crippen LogP contribution in [0.2, 0.25) is 15.1 Å². The highest BCUT2D eigenvalue weighted by Crippen LogP contribution is 2.36. The lowest BCUT2D eigenvalue weighted by Crippen LogP contribution is -2.10. The Balaban J connectivity index is 1.65. The van der Waals surface area contributed by atoms with E-state index < -0.39 is 5.91 Å². The summed E-state index contributed by atoms with van der Waals surface area (Å²) in [5.74, 6) is 1.12. The molecule has 1 amide bonds. The van der Waals surface area contributed by atoms with E-state index in [4.69, 9.17) is 48.7 Å². The minimum atomic E-state index is -0.392. The molecule has 0 aliphatic rings. The molecule has 0 fully saturated rings. The first-order valence-electron chi connectivity index (χ1n) is 7.77. The molecule has 1 aromatic heterocycles. The van der Waals surface area contributed by atoms with Crippen LogP contribution in [0.15, 0.2) is 52.9 Å². The molecule has 1 heterocycles. The average molecular weight is 427 g/mol. The van der Waals surface area contributed by atoms with Crippen LogP contribution in [0.5, 0.6) is 11.5 Å². The third-order valence-corrected chi connectivity index (χ3v) is 4.31. The summed E-state index contributed by atoms with van der Waals surface area (Å²) in [7, 11) is 1.55. The van der Waals surface area contributed by atoms with Crippen molar-refractivity contribution >= 4 is 46.4 Å². The third-order valence-electron chi connectivity index (χ3n) is 3.53. The van der Waals surface area contributed by atoms with Gasteiger partial charge in [-0.25, -0.2) is 0 Å². The zero-order chi connectivity index (χ0) is 19.4. The highest BCUT2D eigenvalue weighted by molar-refractivity contribution is 6.40. The van der Waals surface area contributed by atoms with Crippen molar-refractivity contribution < 1.29 is 18.7 Å². The van der Waals surface area contributed by atoms with Crippen LogP contribution in [0.25, 0.3) is 0 Å².